The number of hydrogen-bond donors (Lipinski definition) is 2. The van der Waals surface area contributed by atoms with Crippen LogP contribution in [0.25, 0.3) is 22.3 Å². The van der Waals surface area contributed by atoms with Gasteiger partial charge in [-0.25, -0.2) is 18.4 Å². The molecule has 0 aliphatic heterocycles. The Morgan fingerprint density at radius 2 is 1.00 bits per heavy atom. The van der Waals surface area contributed by atoms with Crippen molar-refractivity contribution in [2.24, 2.45) is 5.73 Å². The molecule has 0 heterocycles. The van der Waals surface area contributed by atoms with Crippen molar-refractivity contribution in [2.45, 2.75) is 65.5 Å². The number of carbonyl (C=O) groups excluding carboxylic acids is 6. The Bertz CT molecular complexity index is 2120. The first-order chi connectivity index (χ1) is 30.1. The predicted octanol–water partition coefficient (Wildman–Crippen LogP) is 6.68. The Hall–Kier alpha value is -6.39. The van der Waals surface area contributed by atoms with Gasteiger partial charge in [0.2, 0.25) is 0 Å². The maximum absolute atomic E-state index is 13.7. The summed E-state index contributed by atoms with van der Waals surface area (Å²) >= 11 is 4.69. The van der Waals surface area contributed by atoms with Gasteiger partial charge in [0.05, 0.1) is 53.5 Å². The van der Waals surface area contributed by atoms with Gasteiger partial charge in [-0.15, -0.1) is 0 Å². The molecule has 0 saturated heterocycles. The van der Waals surface area contributed by atoms with E-state index in [0.717, 1.165) is 22.3 Å². The van der Waals surface area contributed by atoms with Crippen molar-refractivity contribution in [3.63, 3.8) is 0 Å². The molecule has 0 saturated carbocycles. The largest absolute Gasteiger partial charge is 0.496 e. The summed E-state index contributed by atoms with van der Waals surface area (Å²) in [4.78, 5) is 66.9. The molecular formula is C46H53ClF2N2O12. The van der Waals surface area contributed by atoms with Crippen LogP contribution in [-0.2, 0) is 60.6 Å². The Kier molecular flexibility index (Phi) is 23.7. The fourth-order valence-electron chi connectivity index (χ4n) is 5.77. The molecule has 14 nitrogen and oxygen atoms in total. The molecule has 0 spiro atoms. The van der Waals surface area contributed by atoms with Crippen LogP contribution in [0.3, 0.4) is 0 Å². The molecule has 0 radical (unpaired) electrons. The van der Waals surface area contributed by atoms with Crippen molar-refractivity contribution < 1.29 is 66.0 Å². The van der Waals surface area contributed by atoms with E-state index < -0.39 is 35.1 Å². The number of rotatable bonds is 18. The molecule has 4 aromatic carbocycles. The second kappa shape index (κ2) is 28.3. The van der Waals surface area contributed by atoms with E-state index in [1.807, 2.05) is 24.3 Å². The van der Waals surface area contributed by atoms with E-state index in [1.54, 1.807) is 71.2 Å². The predicted molar refractivity (Wildman–Crippen MR) is 231 cm³/mol. The van der Waals surface area contributed by atoms with Crippen LogP contribution in [0, 0.1) is 11.6 Å². The summed E-state index contributed by atoms with van der Waals surface area (Å²) in [5, 5.41) is 1.45. The molecule has 4 aromatic rings. The van der Waals surface area contributed by atoms with Crippen molar-refractivity contribution in [1.82, 2.24) is 5.32 Å². The van der Waals surface area contributed by atoms with Gasteiger partial charge in [-0.05, 0) is 111 Å². The van der Waals surface area contributed by atoms with E-state index in [9.17, 15) is 37.5 Å². The van der Waals surface area contributed by atoms with E-state index in [0.29, 0.717) is 35.7 Å². The SMILES string of the molecule is CCOC(=O)C(=O)Cl.CCOC(=O)C[C@@H](Cc1ccc(-c2cc(F)ccc2OC)cc1)NC(=O)C(=O)OCC.CCOC(=O)C[C@H](N)Cc1ccc(-c2cc(F)ccc2OC)cc1. The number of carbonyl (C=O) groups is 6. The van der Waals surface area contributed by atoms with Crippen molar-refractivity contribution in [1.29, 1.82) is 0 Å². The molecule has 1 amide bonds. The van der Waals surface area contributed by atoms with Crippen molar-refractivity contribution in [2.75, 3.05) is 40.6 Å². The fraction of sp³-hybridized carbons (Fsp3) is 0.348. The van der Waals surface area contributed by atoms with Crippen LogP contribution in [-0.4, -0.2) is 87.8 Å². The fourth-order valence-corrected chi connectivity index (χ4v) is 5.82. The van der Waals surface area contributed by atoms with Crippen LogP contribution >= 0.6 is 11.6 Å². The third-order valence-corrected chi connectivity index (χ3v) is 8.67. The first-order valence-electron chi connectivity index (χ1n) is 19.9. The average molecular weight is 899 g/mol. The number of halogens is 3. The summed E-state index contributed by atoms with van der Waals surface area (Å²) in [5.41, 5.74) is 10.7. The molecule has 0 bridgehead atoms. The molecular weight excluding hydrogens is 846 g/mol. The summed E-state index contributed by atoms with van der Waals surface area (Å²) in [7, 11) is 3.07. The van der Waals surface area contributed by atoms with Gasteiger partial charge in [-0.2, -0.15) is 0 Å². The summed E-state index contributed by atoms with van der Waals surface area (Å²) < 4.78 is 56.5. The number of methoxy groups -OCH3 is 2. The molecule has 2 atom stereocenters. The van der Waals surface area contributed by atoms with Gasteiger partial charge in [0, 0.05) is 23.2 Å². The average Bonchev–Trinajstić information content (AvgIpc) is 3.25. The van der Waals surface area contributed by atoms with Crippen molar-refractivity contribution in [3.8, 4) is 33.8 Å². The minimum Gasteiger partial charge on any atom is -0.496 e. The van der Waals surface area contributed by atoms with E-state index >= 15 is 0 Å². The third kappa shape index (κ3) is 19.0. The number of ether oxygens (including phenoxy) is 6. The van der Waals surface area contributed by atoms with E-state index in [1.165, 1.54) is 31.4 Å². The number of benzene rings is 4. The molecule has 0 aliphatic carbocycles. The van der Waals surface area contributed by atoms with Gasteiger partial charge in [0.25, 0.3) is 0 Å². The topological polar surface area (TPSA) is 196 Å². The summed E-state index contributed by atoms with van der Waals surface area (Å²) in [6, 6.07) is 22.5. The smallest absolute Gasteiger partial charge is 0.396 e. The Morgan fingerprint density at radius 1 is 0.587 bits per heavy atom. The van der Waals surface area contributed by atoms with Crippen molar-refractivity contribution >= 4 is 46.6 Å². The number of hydrogen-bond acceptors (Lipinski definition) is 13. The van der Waals surface area contributed by atoms with E-state index in [4.69, 9.17) is 41.0 Å². The Morgan fingerprint density at radius 3 is 1.40 bits per heavy atom. The molecule has 4 rings (SSSR count). The quantitative estimate of drug-likeness (QED) is 0.0465. The van der Waals surface area contributed by atoms with Crippen LogP contribution in [0.4, 0.5) is 8.78 Å². The first-order valence-corrected chi connectivity index (χ1v) is 20.2. The zero-order valence-electron chi connectivity index (χ0n) is 36.0. The van der Waals surface area contributed by atoms with Crippen LogP contribution in [0.5, 0.6) is 11.5 Å². The lowest BCUT2D eigenvalue weighted by molar-refractivity contribution is -0.155. The highest BCUT2D eigenvalue weighted by Gasteiger charge is 2.23. The van der Waals surface area contributed by atoms with Crippen molar-refractivity contribution in [3.05, 3.63) is 108 Å². The number of amides is 1. The number of esters is 4. The lowest BCUT2D eigenvalue weighted by Gasteiger charge is -2.18. The molecule has 17 heteroatoms. The Balaban J connectivity index is 0.000000377. The zero-order valence-corrected chi connectivity index (χ0v) is 36.8. The Labute approximate surface area is 370 Å². The zero-order chi connectivity index (χ0) is 46.9. The highest BCUT2D eigenvalue weighted by molar-refractivity contribution is 6.80. The molecule has 3 N–H and O–H groups in total. The standard InChI is InChI=1S/C23H26FNO6.C19H22FNO3.C4H5ClO3/c1-4-30-21(26)14-18(25-22(27)23(28)31-5-2)12-15-6-8-16(9-7-15)19-13-17(24)10-11-20(19)29-3;1-3-24-19(22)12-16(21)10-13-4-6-14(7-5-13)17-11-15(20)8-9-18(17)23-2;1-2-8-4(7)3(5)6/h6-11,13,18H,4-5,12,14H2,1-3H3,(H,25,27);4-9,11,16H,3,10,12,21H2,1-2H3;2H2,1H3/t18-;16-;/m11./s1. The van der Waals surface area contributed by atoms with Gasteiger partial charge >= 0.3 is 35.0 Å². The number of nitrogens with one attached hydrogen (secondary N) is 1. The second-order valence-corrected chi connectivity index (χ2v) is 13.5. The van der Waals surface area contributed by atoms with Crippen LogP contribution in [0.15, 0.2) is 84.9 Å². The molecule has 340 valence electrons. The van der Waals surface area contributed by atoms with Gasteiger partial charge in [0.15, 0.2) is 0 Å². The lowest BCUT2D eigenvalue weighted by atomic mass is 9.98. The summed E-state index contributed by atoms with van der Waals surface area (Å²) in [5.74, 6) is -3.23. The summed E-state index contributed by atoms with van der Waals surface area (Å²) in [6.07, 6.45) is 0.940. The van der Waals surface area contributed by atoms with Crippen LogP contribution in [0.2, 0.25) is 0 Å². The summed E-state index contributed by atoms with van der Waals surface area (Å²) in [6.45, 7) is 7.45. The van der Waals surface area contributed by atoms with E-state index in [-0.39, 0.29) is 62.7 Å². The maximum atomic E-state index is 13.7. The highest BCUT2D eigenvalue weighted by Crippen LogP contribution is 2.32. The monoisotopic (exact) mass is 898 g/mol. The first kappa shape index (κ1) is 52.7. The molecule has 0 fully saturated rings. The lowest BCUT2D eigenvalue weighted by Crippen LogP contribution is -2.42. The van der Waals surface area contributed by atoms with Crippen LogP contribution < -0.4 is 20.5 Å². The second-order valence-electron chi connectivity index (χ2n) is 13.2. The number of nitrogens with two attached hydrogens (primary N) is 1. The molecule has 0 aromatic heterocycles. The minimum absolute atomic E-state index is 0.0692. The minimum atomic E-state index is -1.08. The molecule has 0 unspecified atom stereocenters. The molecule has 0 aliphatic rings. The van der Waals surface area contributed by atoms with Gasteiger partial charge in [-0.3, -0.25) is 19.2 Å². The maximum Gasteiger partial charge on any atom is 0.396 e. The van der Waals surface area contributed by atoms with Gasteiger partial charge in [0.1, 0.15) is 23.1 Å². The van der Waals surface area contributed by atoms with Gasteiger partial charge < -0.3 is 39.5 Å². The normalized spacial score (nSPS) is 11.1. The third-order valence-electron chi connectivity index (χ3n) is 8.52. The van der Waals surface area contributed by atoms with Gasteiger partial charge in [-0.1, -0.05) is 48.5 Å². The highest BCUT2D eigenvalue weighted by atomic mass is 35.5. The van der Waals surface area contributed by atoms with E-state index in [2.05, 4.69) is 10.1 Å². The van der Waals surface area contributed by atoms with Crippen LogP contribution in [0.1, 0.15) is 51.7 Å². The molecule has 63 heavy (non-hydrogen) atoms.